The summed E-state index contributed by atoms with van der Waals surface area (Å²) < 4.78 is 5.56. The van der Waals surface area contributed by atoms with Gasteiger partial charge in [-0.25, -0.2) is 4.98 Å². The van der Waals surface area contributed by atoms with Crippen LogP contribution in [0.1, 0.15) is 38.8 Å². The van der Waals surface area contributed by atoms with Crippen LogP contribution in [0.3, 0.4) is 0 Å². The minimum absolute atomic E-state index is 0.00689. The van der Waals surface area contributed by atoms with Crippen molar-refractivity contribution >= 4 is 5.91 Å². The predicted molar refractivity (Wildman–Crippen MR) is 87.7 cm³/mol. The zero-order valence-electron chi connectivity index (χ0n) is 13.3. The molecule has 0 fully saturated rings. The number of hydrogen-bond acceptors (Lipinski definition) is 3. The topological polar surface area (TPSA) is 51.2 Å². The summed E-state index contributed by atoms with van der Waals surface area (Å²) in [4.78, 5) is 15.3. The van der Waals surface area contributed by atoms with Crippen LogP contribution >= 0.6 is 0 Å². The molecule has 1 N–H and O–H groups in total. The van der Waals surface area contributed by atoms with E-state index in [-0.39, 0.29) is 11.9 Å². The minimum atomic E-state index is -0.0246. The number of carbonyl (C=O) groups excluding carboxylic acids is 1. The number of ether oxygens (including phenoxy) is 1. The smallest absolute Gasteiger partial charge is 0.217 e. The lowest BCUT2D eigenvalue weighted by Gasteiger charge is -2.13. The summed E-state index contributed by atoms with van der Waals surface area (Å²) in [5.41, 5.74) is 3.25. The zero-order valence-corrected chi connectivity index (χ0v) is 13.3. The molecule has 0 unspecified atom stereocenters. The van der Waals surface area contributed by atoms with E-state index in [1.165, 1.54) is 6.92 Å². The predicted octanol–water partition coefficient (Wildman–Crippen LogP) is 3.73. The first kappa shape index (κ1) is 16.0. The molecule has 2 aromatic rings. The van der Waals surface area contributed by atoms with Gasteiger partial charge in [0.05, 0.1) is 12.6 Å². The van der Waals surface area contributed by atoms with Gasteiger partial charge in [0.2, 0.25) is 11.8 Å². The van der Waals surface area contributed by atoms with E-state index in [1.807, 2.05) is 43.3 Å². The molecule has 0 saturated heterocycles. The Labute approximate surface area is 131 Å². The van der Waals surface area contributed by atoms with Crippen molar-refractivity contribution in [3.05, 3.63) is 48.2 Å². The Bertz CT molecular complexity index is 623. The van der Waals surface area contributed by atoms with Gasteiger partial charge in [-0.3, -0.25) is 4.79 Å². The second kappa shape index (κ2) is 7.59. The zero-order chi connectivity index (χ0) is 15.9. The molecule has 4 nitrogen and oxygen atoms in total. The lowest BCUT2D eigenvalue weighted by molar-refractivity contribution is -0.119. The van der Waals surface area contributed by atoms with Crippen LogP contribution in [0.15, 0.2) is 42.6 Å². The summed E-state index contributed by atoms with van der Waals surface area (Å²) in [6.45, 7) is 6.24. The van der Waals surface area contributed by atoms with Gasteiger partial charge in [-0.1, -0.05) is 31.2 Å². The molecule has 22 heavy (non-hydrogen) atoms. The second-order valence-corrected chi connectivity index (χ2v) is 5.28. The molecule has 4 heteroatoms. The lowest BCUT2D eigenvalue weighted by Crippen LogP contribution is -2.23. The van der Waals surface area contributed by atoms with Gasteiger partial charge >= 0.3 is 0 Å². The highest BCUT2D eigenvalue weighted by molar-refractivity contribution is 5.73. The average molecular weight is 298 g/mol. The molecular weight excluding hydrogens is 276 g/mol. The molecule has 1 atom stereocenters. The maximum Gasteiger partial charge on any atom is 0.217 e. The number of rotatable bonds is 6. The number of carbonyl (C=O) groups is 1. The second-order valence-electron chi connectivity index (χ2n) is 5.28. The molecule has 0 aliphatic heterocycles. The van der Waals surface area contributed by atoms with Crippen molar-refractivity contribution in [3.63, 3.8) is 0 Å². The van der Waals surface area contributed by atoms with Crippen LogP contribution in [0.25, 0.3) is 11.1 Å². The molecular formula is C18H22N2O2. The van der Waals surface area contributed by atoms with Gasteiger partial charge in [0.15, 0.2) is 0 Å². The highest BCUT2D eigenvalue weighted by Crippen LogP contribution is 2.24. The van der Waals surface area contributed by atoms with E-state index in [1.54, 1.807) is 6.20 Å². The summed E-state index contributed by atoms with van der Waals surface area (Å²) in [5, 5.41) is 2.88. The Morgan fingerprint density at radius 1 is 1.23 bits per heavy atom. The fourth-order valence-corrected chi connectivity index (χ4v) is 2.23. The summed E-state index contributed by atoms with van der Waals surface area (Å²) in [7, 11) is 0. The van der Waals surface area contributed by atoms with Gasteiger partial charge in [-0.05, 0) is 36.1 Å². The molecule has 1 heterocycles. The Kier molecular flexibility index (Phi) is 5.53. The van der Waals surface area contributed by atoms with Gasteiger partial charge in [-0.2, -0.15) is 0 Å². The SMILES string of the molecule is CCCOc1cc(-c2ccc([C@@H](C)NC(C)=O)cc2)ccn1. The van der Waals surface area contributed by atoms with Crippen LogP contribution in [0.5, 0.6) is 5.88 Å². The summed E-state index contributed by atoms with van der Waals surface area (Å²) in [6, 6.07) is 12.1. The first-order chi connectivity index (χ1) is 10.6. The highest BCUT2D eigenvalue weighted by Gasteiger charge is 2.07. The van der Waals surface area contributed by atoms with Crippen molar-refractivity contribution in [2.75, 3.05) is 6.61 Å². The van der Waals surface area contributed by atoms with Gasteiger partial charge in [0.1, 0.15) is 0 Å². The summed E-state index contributed by atoms with van der Waals surface area (Å²) >= 11 is 0. The Morgan fingerprint density at radius 3 is 2.59 bits per heavy atom. The van der Waals surface area contributed by atoms with E-state index in [9.17, 15) is 4.79 Å². The third-order valence-electron chi connectivity index (χ3n) is 3.35. The van der Waals surface area contributed by atoms with E-state index >= 15 is 0 Å². The molecule has 0 saturated carbocycles. The van der Waals surface area contributed by atoms with Crippen LogP contribution < -0.4 is 10.1 Å². The Balaban J connectivity index is 2.14. The number of amides is 1. The van der Waals surface area contributed by atoms with Crippen LogP contribution in [-0.2, 0) is 4.79 Å². The van der Waals surface area contributed by atoms with Gasteiger partial charge in [0, 0.05) is 19.2 Å². The number of nitrogens with one attached hydrogen (secondary N) is 1. The fourth-order valence-electron chi connectivity index (χ4n) is 2.23. The first-order valence-electron chi connectivity index (χ1n) is 7.56. The van der Waals surface area contributed by atoms with Crippen LogP contribution in [0, 0.1) is 0 Å². The molecule has 0 spiro atoms. The van der Waals surface area contributed by atoms with Crippen molar-refractivity contribution in [1.82, 2.24) is 10.3 Å². The standard InChI is InChI=1S/C18H22N2O2/c1-4-11-22-18-12-17(9-10-19-18)16-7-5-15(6-8-16)13(2)20-14(3)21/h5-10,12-13H,4,11H2,1-3H3,(H,20,21)/t13-/m1/s1. The molecule has 116 valence electrons. The van der Waals surface area contributed by atoms with E-state index in [0.29, 0.717) is 12.5 Å². The molecule has 0 aliphatic carbocycles. The summed E-state index contributed by atoms with van der Waals surface area (Å²) in [5.74, 6) is 0.624. The first-order valence-corrected chi connectivity index (χ1v) is 7.56. The van der Waals surface area contributed by atoms with Crippen molar-refractivity contribution < 1.29 is 9.53 Å². The highest BCUT2D eigenvalue weighted by atomic mass is 16.5. The molecule has 2 rings (SSSR count). The van der Waals surface area contributed by atoms with E-state index in [4.69, 9.17) is 4.74 Å². The van der Waals surface area contributed by atoms with Crippen LogP contribution in [0.2, 0.25) is 0 Å². The number of pyridine rings is 1. The maximum absolute atomic E-state index is 11.1. The number of nitrogens with zero attached hydrogens (tertiary/aromatic N) is 1. The van der Waals surface area contributed by atoms with Crippen LogP contribution in [-0.4, -0.2) is 17.5 Å². The normalized spacial score (nSPS) is 11.8. The van der Waals surface area contributed by atoms with E-state index < -0.39 is 0 Å². The fraction of sp³-hybridized carbons (Fsp3) is 0.333. The quantitative estimate of drug-likeness (QED) is 0.884. The van der Waals surface area contributed by atoms with Gasteiger partial charge < -0.3 is 10.1 Å². The molecule has 1 amide bonds. The minimum Gasteiger partial charge on any atom is -0.478 e. The van der Waals surface area contributed by atoms with Crippen molar-refractivity contribution in [2.45, 2.75) is 33.2 Å². The molecule has 0 bridgehead atoms. The van der Waals surface area contributed by atoms with Crippen molar-refractivity contribution in [1.29, 1.82) is 0 Å². The van der Waals surface area contributed by atoms with Gasteiger partial charge in [-0.15, -0.1) is 0 Å². The number of aromatic nitrogens is 1. The number of benzene rings is 1. The monoisotopic (exact) mass is 298 g/mol. The molecule has 1 aromatic carbocycles. The third kappa shape index (κ3) is 4.32. The van der Waals surface area contributed by atoms with Gasteiger partial charge in [0.25, 0.3) is 0 Å². The lowest BCUT2D eigenvalue weighted by atomic mass is 10.0. The average Bonchev–Trinajstić information content (AvgIpc) is 2.53. The summed E-state index contributed by atoms with van der Waals surface area (Å²) in [6.07, 6.45) is 2.72. The molecule has 0 aliphatic rings. The Hall–Kier alpha value is -2.36. The number of hydrogen-bond donors (Lipinski definition) is 1. The van der Waals surface area contributed by atoms with E-state index in [2.05, 4.69) is 17.2 Å². The van der Waals surface area contributed by atoms with Crippen molar-refractivity contribution in [2.24, 2.45) is 0 Å². The molecule has 1 aromatic heterocycles. The van der Waals surface area contributed by atoms with Crippen LogP contribution in [0.4, 0.5) is 0 Å². The molecule has 0 radical (unpaired) electrons. The third-order valence-corrected chi connectivity index (χ3v) is 3.35. The Morgan fingerprint density at radius 2 is 1.95 bits per heavy atom. The largest absolute Gasteiger partial charge is 0.478 e. The maximum atomic E-state index is 11.1. The van der Waals surface area contributed by atoms with Crippen molar-refractivity contribution in [3.8, 4) is 17.0 Å². The van der Waals surface area contributed by atoms with E-state index in [0.717, 1.165) is 23.1 Å².